The Kier molecular flexibility index (Phi) is 7.45. The van der Waals surface area contributed by atoms with Crippen molar-refractivity contribution in [3.05, 3.63) is 119 Å². The summed E-state index contributed by atoms with van der Waals surface area (Å²) in [4.78, 5) is 0. The SMILES string of the molecule is C/C(F)=C(\F)c1cc(F)c(-c2ccc(-c3ccc(C(F)(F)Oc4cc(F)c(F)c(F)c4)cc3)c(F)c2)c(F)c1. The van der Waals surface area contributed by atoms with Crippen molar-refractivity contribution < 1.29 is 48.6 Å². The van der Waals surface area contributed by atoms with Crippen LogP contribution in [-0.4, -0.2) is 0 Å². The van der Waals surface area contributed by atoms with Crippen LogP contribution >= 0.6 is 0 Å². The Bertz CT molecular complexity index is 1540. The maximum absolute atomic E-state index is 14.9. The molecule has 0 unspecified atom stereocenters. The molecule has 0 bridgehead atoms. The van der Waals surface area contributed by atoms with Crippen LogP contribution in [0.5, 0.6) is 5.75 Å². The highest BCUT2D eigenvalue weighted by Gasteiger charge is 2.35. The van der Waals surface area contributed by atoms with E-state index in [-0.39, 0.29) is 28.8 Å². The number of rotatable bonds is 6. The van der Waals surface area contributed by atoms with Gasteiger partial charge in [-0.25, -0.2) is 35.1 Å². The third-order valence-electron chi connectivity index (χ3n) is 5.59. The minimum atomic E-state index is -4.12. The van der Waals surface area contributed by atoms with Crippen LogP contribution < -0.4 is 4.74 Å². The van der Waals surface area contributed by atoms with E-state index >= 15 is 0 Å². The summed E-state index contributed by atoms with van der Waals surface area (Å²) in [6.45, 7) is 0.766. The van der Waals surface area contributed by atoms with Crippen LogP contribution in [-0.2, 0) is 6.11 Å². The summed E-state index contributed by atoms with van der Waals surface area (Å²) in [7, 11) is 0. The summed E-state index contributed by atoms with van der Waals surface area (Å²) in [5.74, 6) is -12.6. The van der Waals surface area contributed by atoms with Crippen LogP contribution in [0.1, 0.15) is 18.1 Å². The zero-order chi connectivity index (χ0) is 28.6. The van der Waals surface area contributed by atoms with Gasteiger partial charge in [0.2, 0.25) is 0 Å². The van der Waals surface area contributed by atoms with Gasteiger partial charge in [0.05, 0.1) is 11.1 Å². The van der Waals surface area contributed by atoms with Crippen molar-refractivity contribution >= 4 is 5.83 Å². The maximum atomic E-state index is 14.9. The van der Waals surface area contributed by atoms with E-state index in [1.165, 1.54) is 0 Å². The van der Waals surface area contributed by atoms with Gasteiger partial charge in [0.1, 0.15) is 29.0 Å². The number of hydrogen-bond acceptors (Lipinski definition) is 1. The molecule has 39 heavy (non-hydrogen) atoms. The van der Waals surface area contributed by atoms with Gasteiger partial charge in [0.15, 0.2) is 23.3 Å². The van der Waals surface area contributed by atoms with Crippen molar-refractivity contribution in [2.24, 2.45) is 0 Å². The summed E-state index contributed by atoms with van der Waals surface area (Å²) in [6, 6.07) is 8.44. The number of ether oxygens (including phenoxy) is 1. The van der Waals surface area contributed by atoms with E-state index < -0.39 is 75.1 Å². The lowest BCUT2D eigenvalue weighted by atomic mass is 9.97. The van der Waals surface area contributed by atoms with E-state index in [1.807, 2.05) is 0 Å². The molecule has 0 saturated heterocycles. The summed E-state index contributed by atoms with van der Waals surface area (Å²) in [6.07, 6.45) is -4.12. The van der Waals surface area contributed by atoms with E-state index in [0.717, 1.165) is 49.4 Å². The molecule has 0 spiro atoms. The van der Waals surface area contributed by atoms with Crippen LogP contribution in [0, 0.1) is 34.9 Å². The first-order valence-electron chi connectivity index (χ1n) is 10.9. The normalized spacial score (nSPS) is 12.4. The van der Waals surface area contributed by atoms with E-state index in [4.69, 9.17) is 0 Å². The Hall–Kier alpha value is -4.28. The standard InChI is InChI=1S/C28H14F10O/c1-13(29)26(35)16-9-21(31)25(22(32)10-16)15-4-7-19(20(30)8-15)14-2-5-17(6-3-14)28(37,38)39-18-11-23(33)27(36)24(34)12-18/h2-12H,1H3/b26-13+. The minimum absolute atomic E-state index is 0.0689. The topological polar surface area (TPSA) is 9.23 Å². The Morgan fingerprint density at radius 3 is 1.69 bits per heavy atom. The molecule has 4 rings (SSSR count). The van der Waals surface area contributed by atoms with E-state index in [2.05, 4.69) is 4.74 Å². The van der Waals surface area contributed by atoms with E-state index in [1.54, 1.807) is 0 Å². The molecule has 0 N–H and O–H groups in total. The quantitative estimate of drug-likeness (QED) is 0.170. The second-order valence-corrected chi connectivity index (χ2v) is 8.25. The molecule has 0 amide bonds. The highest BCUT2D eigenvalue weighted by molar-refractivity contribution is 5.73. The first-order valence-corrected chi connectivity index (χ1v) is 10.9. The summed E-state index contributed by atoms with van der Waals surface area (Å²) in [5.41, 5.74) is -2.51. The predicted octanol–water partition coefficient (Wildman–Crippen LogP) is 9.61. The minimum Gasteiger partial charge on any atom is -0.429 e. The predicted molar refractivity (Wildman–Crippen MR) is 123 cm³/mol. The average Bonchev–Trinajstić information content (AvgIpc) is 2.86. The molecule has 0 heterocycles. The molecule has 0 aliphatic carbocycles. The summed E-state index contributed by atoms with van der Waals surface area (Å²) < 4.78 is 144. The molecule has 11 heteroatoms. The molecule has 0 atom stereocenters. The lowest BCUT2D eigenvalue weighted by molar-refractivity contribution is -0.185. The van der Waals surface area contributed by atoms with Gasteiger partial charge in [-0.1, -0.05) is 24.3 Å². The molecule has 1 nitrogen and oxygen atoms in total. The van der Waals surface area contributed by atoms with Gasteiger partial charge in [0.25, 0.3) is 0 Å². The van der Waals surface area contributed by atoms with Crippen LogP contribution in [0.15, 0.2) is 72.6 Å². The second kappa shape index (κ2) is 10.5. The molecule has 202 valence electrons. The molecular formula is C28H14F10O. The highest BCUT2D eigenvalue weighted by atomic mass is 19.3. The highest BCUT2D eigenvalue weighted by Crippen LogP contribution is 2.36. The van der Waals surface area contributed by atoms with Gasteiger partial charge in [-0.05, 0) is 48.4 Å². The second-order valence-electron chi connectivity index (χ2n) is 8.25. The summed E-state index contributed by atoms with van der Waals surface area (Å²) >= 11 is 0. The fraction of sp³-hybridized carbons (Fsp3) is 0.0714. The molecule has 0 aliphatic rings. The Morgan fingerprint density at radius 1 is 0.641 bits per heavy atom. The monoisotopic (exact) mass is 556 g/mol. The van der Waals surface area contributed by atoms with E-state index in [9.17, 15) is 43.9 Å². The van der Waals surface area contributed by atoms with Crippen LogP contribution in [0.25, 0.3) is 28.1 Å². The third-order valence-corrected chi connectivity index (χ3v) is 5.59. The fourth-order valence-corrected chi connectivity index (χ4v) is 3.72. The molecule has 0 saturated carbocycles. The number of allylic oxidation sites excluding steroid dienone is 1. The summed E-state index contributed by atoms with van der Waals surface area (Å²) in [5, 5.41) is 0. The van der Waals surface area contributed by atoms with Gasteiger partial charge < -0.3 is 4.74 Å². The fourth-order valence-electron chi connectivity index (χ4n) is 3.72. The van der Waals surface area contributed by atoms with Crippen molar-refractivity contribution in [3.8, 4) is 28.0 Å². The third kappa shape index (κ3) is 5.62. The Morgan fingerprint density at radius 2 is 1.18 bits per heavy atom. The first kappa shape index (κ1) is 27.7. The number of benzene rings is 4. The molecule has 0 radical (unpaired) electrons. The van der Waals surface area contributed by atoms with Crippen molar-refractivity contribution in [1.29, 1.82) is 0 Å². The van der Waals surface area contributed by atoms with Crippen molar-refractivity contribution in [2.75, 3.05) is 0 Å². The Labute approximate surface area is 214 Å². The number of halogens is 10. The van der Waals surface area contributed by atoms with Crippen molar-refractivity contribution in [1.82, 2.24) is 0 Å². The average molecular weight is 556 g/mol. The van der Waals surface area contributed by atoms with Crippen molar-refractivity contribution in [3.63, 3.8) is 0 Å². The van der Waals surface area contributed by atoms with Crippen LogP contribution in [0.3, 0.4) is 0 Å². The lowest BCUT2D eigenvalue weighted by Crippen LogP contribution is -2.22. The van der Waals surface area contributed by atoms with E-state index in [0.29, 0.717) is 12.1 Å². The lowest BCUT2D eigenvalue weighted by Gasteiger charge is -2.19. The number of hydrogen-bond donors (Lipinski definition) is 0. The molecule has 0 fully saturated rings. The zero-order valence-electron chi connectivity index (χ0n) is 19.5. The number of alkyl halides is 2. The maximum Gasteiger partial charge on any atom is 0.426 e. The van der Waals surface area contributed by atoms with Gasteiger partial charge in [0, 0.05) is 23.3 Å². The first-order chi connectivity index (χ1) is 18.3. The molecule has 0 aromatic heterocycles. The van der Waals surface area contributed by atoms with Crippen LogP contribution in [0.2, 0.25) is 0 Å². The van der Waals surface area contributed by atoms with Crippen molar-refractivity contribution in [2.45, 2.75) is 13.0 Å². The van der Waals surface area contributed by atoms with Gasteiger partial charge in [-0.2, -0.15) is 8.78 Å². The van der Waals surface area contributed by atoms with Gasteiger partial charge in [-0.3, -0.25) is 0 Å². The van der Waals surface area contributed by atoms with Crippen LogP contribution in [0.4, 0.5) is 43.9 Å². The smallest absolute Gasteiger partial charge is 0.426 e. The largest absolute Gasteiger partial charge is 0.429 e. The molecular weight excluding hydrogens is 542 g/mol. The van der Waals surface area contributed by atoms with Gasteiger partial charge in [-0.15, -0.1) is 0 Å². The zero-order valence-corrected chi connectivity index (χ0v) is 19.5. The molecule has 4 aromatic carbocycles. The molecule has 0 aliphatic heterocycles. The Balaban J connectivity index is 1.60. The molecule has 4 aromatic rings. The van der Waals surface area contributed by atoms with Gasteiger partial charge >= 0.3 is 6.11 Å².